The third-order valence-corrected chi connectivity index (χ3v) is 0.500. The molecule has 6 heavy (non-hydrogen) atoms. The van der Waals surface area contributed by atoms with Crippen LogP contribution in [0.5, 0.6) is 0 Å². The molecule has 0 saturated carbocycles. The molecule has 0 aromatic rings. The van der Waals surface area contributed by atoms with Crippen LogP contribution in [0, 0.1) is 0 Å². The van der Waals surface area contributed by atoms with Crippen LogP contribution in [0.3, 0.4) is 0 Å². The minimum atomic E-state index is 0. The van der Waals surface area contributed by atoms with E-state index in [-0.39, 0.29) is 46.8 Å². The second-order valence-corrected chi connectivity index (χ2v) is 1.000. The Hall–Kier alpha value is 1.17. The molecule has 0 spiro atoms. The molecule has 0 unspecified atom stereocenters. The molecule has 0 saturated heterocycles. The zero-order chi connectivity index (χ0) is 3.41. The molecular weight excluding hydrogens is 80.0 g/mol. The van der Waals surface area contributed by atoms with E-state index in [4.69, 9.17) is 0 Å². The summed E-state index contributed by atoms with van der Waals surface area (Å²) in [6, 6.07) is 0. The second-order valence-electron chi connectivity index (χ2n) is 1.000. The number of rotatable bonds is 1. The predicted octanol–water partition coefficient (Wildman–Crippen LogP) is -0.741. The molecule has 0 aromatic carbocycles. The molecule has 0 aliphatic heterocycles. The van der Waals surface area contributed by atoms with Crippen LogP contribution in [0.2, 0.25) is 0 Å². The Bertz CT molecular complexity index is 20.4. The van der Waals surface area contributed by atoms with Gasteiger partial charge in [0.25, 0.3) is 0 Å². The Kier molecular flexibility index (Phi) is 42.9. The average molecular weight is 97.2 g/mol. The van der Waals surface area contributed by atoms with Crippen LogP contribution in [-0.4, -0.2) is 10.1 Å². The average Bonchev–Trinajstić information content (AvgIpc) is 1.37. The summed E-state index contributed by atoms with van der Waals surface area (Å²) in [5.74, 6) is 0. The van der Waals surface area contributed by atoms with Crippen molar-refractivity contribution in [3.63, 3.8) is 0 Å². The van der Waals surface area contributed by atoms with Crippen molar-refractivity contribution in [3.05, 3.63) is 0 Å². The first-order valence-electron chi connectivity index (χ1n) is 1.91. The number of hydrogen-bond donors (Lipinski definition) is 0. The Morgan fingerprint density at radius 1 is 1.33 bits per heavy atom. The van der Waals surface area contributed by atoms with Gasteiger partial charge >= 0.3 is 39.7 Å². The normalized spacial score (nSPS) is 5.00. The maximum absolute atomic E-state index is 2.18. The molecule has 0 amide bonds. The third kappa shape index (κ3) is 19.1. The molecule has 0 atom stereocenters. The van der Waals surface area contributed by atoms with Crippen LogP contribution in [0.15, 0.2) is 0 Å². The Morgan fingerprint density at radius 3 is 1.50 bits per heavy atom. The maximum atomic E-state index is 2.18. The van der Waals surface area contributed by atoms with Gasteiger partial charge in [0.1, 0.15) is 0 Å². The Morgan fingerprint density at radius 2 is 1.50 bits per heavy atom. The summed E-state index contributed by atoms with van der Waals surface area (Å²) in [4.78, 5) is 0. The van der Waals surface area contributed by atoms with Gasteiger partial charge in [0, 0.05) is 2.85 Å². The molecule has 0 rings (SSSR count). The van der Waals surface area contributed by atoms with E-state index >= 15 is 0 Å². The van der Waals surface area contributed by atoms with Crippen molar-refractivity contribution in [3.8, 4) is 0 Å². The van der Waals surface area contributed by atoms with Crippen LogP contribution in [0.25, 0.3) is 0 Å². The topological polar surface area (TPSA) is 0 Å². The minimum Gasteiger partial charge on any atom is -1.00 e. The largest absolute Gasteiger partial charge is 2.00 e. The van der Waals surface area contributed by atoms with E-state index in [1.807, 2.05) is 0 Å². The molecule has 2 heteroatoms. The van der Waals surface area contributed by atoms with Crippen LogP contribution >= 0.6 is 0 Å². The standard InChI is InChI=1S/C4H10.Be.Na.2H2.3H/c1-3-4-2;;;;;;;/h3-4H2,1-2H3;;;2*1H;;;/q;+2;+1;;;3*-1. The summed E-state index contributed by atoms with van der Waals surface area (Å²) in [7, 11) is 0. The minimum absolute atomic E-state index is 0. The smallest absolute Gasteiger partial charge is 1.00 e. The fourth-order valence-corrected chi connectivity index (χ4v) is 0. The summed E-state index contributed by atoms with van der Waals surface area (Å²) < 4.78 is 0. The number of hydrogen-bond acceptors (Lipinski definition) is 0. The van der Waals surface area contributed by atoms with E-state index in [0.717, 1.165) is 0 Å². The quantitative estimate of drug-likeness (QED) is 0.378. The predicted molar refractivity (Wildman–Crippen MR) is 33.9 cm³/mol. The Balaban J connectivity index is -0.00000000214. The zero-order valence-corrected chi connectivity index (χ0v) is 7.12. The van der Waals surface area contributed by atoms with Gasteiger partial charge < -0.3 is 4.28 Å². The van der Waals surface area contributed by atoms with Gasteiger partial charge in [-0.25, -0.2) is 0 Å². The molecule has 0 nitrogen and oxygen atoms in total. The van der Waals surface area contributed by atoms with Gasteiger partial charge in [-0.15, -0.1) is 0 Å². The first-order valence-corrected chi connectivity index (χ1v) is 1.91. The van der Waals surface area contributed by atoms with E-state index < -0.39 is 0 Å². The molecule has 0 N–H and O–H groups in total. The van der Waals surface area contributed by atoms with Crippen molar-refractivity contribution >= 4 is 10.1 Å². The van der Waals surface area contributed by atoms with E-state index in [1.165, 1.54) is 12.8 Å². The monoisotopic (exact) mass is 97.1 g/mol. The van der Waals surface area contributed by atoms with Crippen molar-refractivity contribution in [1.82, 2.24) is 0 Å². The molecule has 0 fully saturated rings. The molecule has 0 bridgehead atoms. The van der Waals surface area contributed by atoms with E-state index in [0.29, 0.717) is 0 Å². The third-order valence-electron chi connectivity index (χ3n) is 0.500. The van der Waals surface area contributed by atoms with Crippen LogP contribution < -0.4 is 29.6 Å². The molecule has 0 aliphatic rings. The van der Waals surface area contributed by atoms with Crippen molar-refractivity contribution in [2.45, 2.75) is 26.7 Å². The van der Waals surface area contributed by atoms with Gasteiger partial charge in [0.05, 0.1) is 0 Å². The number of unbranched alkanes of at least 4 members (excludes halogenated alkanes) is 1. The summed E-state index contributed by atoms with van der Waals surface area (Å²) in [5.41, 5.74) is 0. The van der Waals surface area contributed by atoms with E-state index in [9.17, 15) is 0 Å². The molecule has 36 valence electrons. The SMILES string of the molecule is CCCC.[Be+2].[H-].[H-].[H-].[HH].[HH].[Na+]. The van der Waals surface area contributed by atoms with Crippen molar-refractivity contribution in [2.75, 3.05) is 0 Å². The van der Waals surface area contributed by atoms with Crippen LogP contribution in [-0.2, 0) is 0 Å². The fourth-order valence-electron chi connectivity index (χ4n) is 0. The maximum Gasteiger partial charge on any atom is 2.00 e. The summed E-state index contributed by atoms with van der Waals surface area (Å²) >= 11 is 0. The molecular formula is C4H17BeNa. The van der Waals surface area contributed by atoms with Gasteiger partial charge in [0.2, 0.25) is 0 Å². The van der Waals surface area contributed by atoms with Crippen molar-refractivity contribution in [2.24, 2.45) is 0 Å². The van der Waals surface area contributed by atoms with Crippen molar-refractivity contribution in [1.29, 1.82) is 0 Å². The van der Waals surface area contributed by atoms with Crippen LogP contribution in [0.1, 0.15) is 33.8 Å². The van der Waals surface area contributed by atoms with Crippen molar-refractivity contribution < 1.29 is 36.7 Å². The van der Waals surface area contributed by atoms with Gasteiger partial charge in [0.15, 0.2) is 0 Å². The first kappa shape index (κ1) is 15.7. The second kappa shape index (κ2) is 16.4. The van der Waals surface area contributed by atoms with Gasteiger partial charge in [-0.3, -0.25) is 0 Å². The van der Waals surface area contributed by atoms with E-state index in [1.54, 1.807) is 0 Å². The van der Waals surface area contributed by atoms with Crippen LogP contribution in [0.4, 0.5) is 0 Å². The van der Waals surface area contributed by atoms with Gasteiger partial charge in [-0.2, -0.15) is 0 Å². The molecule has 0 radical (unpaired) electrons. The van der Waals surface area contributed by atoms with Gasteiger partial charge in [-0.1, -0.05) is 26.7 Å². The van der Waals surface area contributed by atoms with E-state index in [2.05, 4.69) is 13.8 Å². The summed E-state index contributed by atoms with van der Waals surface area (Å²) in [6.07, 6.45) is 2.64. The first-order chi connectivity index (χ1) is 1.91. The Labute approximate surface area is 73.6 Å². The molecule has 0 heterocycles. The van der Waals surface area contributed by atoms with Gasteiger partial charge in [-0.05, 0) is 0 Å². The summed E-state index contributed by atoms with van der Waals surface area (Å²) in [6.45, 7) is 4.36. The zero-order valence-electron chi connectivity index (χ0n) is 8.12. The molecule has 0 aromatic heterocycles. The fraction of sp³-hybridized carbons (Fsp3) is 1.00. The summed E-state index contributed by atoms with van der Waals surface area (Å²) in [5, 5.41) is 0. The molecule has 0 aliphatic carbocycles.